The number of carbonyl (C=O) groups is 1. The zero-order valence-electron chi connectivity index (χ0n) is 10.2. The van der Waals surface area contributed by atoms with Crippen molar-refractivity contribution in [3.8, 4) is 5.75 Å². The summed E-state index contributed by atoms with van der Waals surface area (Å²) < 4.78 is 49.6. The van der Waals surface area contributed by atoms with E-state index in [0.29, 0.717) is 6.92 Å². The molecule has 0 spiro atoms. The van der Waals surface area contributed by atoms with Gasteiger partial charge < -0.3 is 9.47 Å². The van der Waals surface area contributed by atoms with E-state index in [4.69, 9.17) is 9.47 Å². The predicted octanol–water partition coefficient (Wildman–Crippen LogP) is 2.99. The summed E-state index contributed by atoms with van der Waals surface area (Å²) in [5.41, 5.74) is -0.475. The van der Waals surface area contributed by atoms with E-state index < -0.39 is 23.4 Å². The molecule has 1 aromatic rings. The second-order valence-electron chi connectivity index (χ2n) is 3.77. The van der Waals surface area contributed by atoms with E-state index in [2.05, 4.69) is 0 Å². The van der Waals surface area contributed by atoms with Gasteiger partial charge in [0.1, 0.15) is 17.7 Å². The Morgan fingerprint density at radius 1 is 1.33 bits per heavy atom. The molecule has 0 N–H and O–H groups in total. The molecule has 0 amide bonds. The van der Waals surface area contributed by atoms with Crippen LogP contribution in [0.1, 0.15) is 28.9 Å². The molecule has 1 rings (SSSR count). The number of hydrogen-bond acceptors (Lipinski definition) is 3. The Balaban J connectivity index is 3.45. The van der Waals surface area contributed by atoms with Gasteiger partial charge in [0.05, 0.1) is 12.7 Å². The van der Waals surface area contributed by atoms with Gasteiger partial charge in [-0.1, -0.05) is 0 Å². The Labute approximate surface area is 103 Å². The van der Waals surface area contributed by atoms with Crippen molar-refractivity contribution in [2.24, 2.45) is 0 Å². The second kappa shape index (κ2) is 5.39. The maximum absolute atomic E-state index is 13.4. The van der Waals surface area contributed by atoms with E-state index in [0.717, 1.165) is 19.2 Å². The molecule has 0 fully saturated rings. The summed E-state index contributed by atoms with van der Waals surface area (Å²) in [5.74, 6) is -4.27. The molecule has 3 nitrogen and oxygen atoms in total. The summed E-state index contributed by atoms with van der Waals surface area (Å²) in [5, 5.41) is 0. The summed E-state index contributed by atoms with van der Waals surface area (Å²) in [6.07, 6.45) is -1.40. The number of halogens is 3. The van der Waals surface area contributed by atoms with Crippen LogP contribution in [0.3, 0.4) is 0 Å². The smallest absolute Gasteiger partial charge is 0.275 e. The molecule has 18 heavy (non-hydrogen) atoms. The summed E-state index contributed by atoms with van der Waals surface area (Å²) in [6, 6.07) is 2.05. The molecule has 0 bridgehead atoms. The van der Waals surface area contributed by atoms with Crippen molar-refractivity contribution in [3.05, 3.63) is 29.1 Å². The van der Waals surface area contributed by atoms with Crippen LogP contribution in [0, 0.1) is 5.82 Å². The monoisotopic (exact) mass is 262 g/mol. The molecule has 0 radical (unpaired) electrons. The number of hydrogen-bond donors (Lipinski definition) is 0. The highest BCUT2D eigenvalue weighted by Gasteiger charge is 2.38. The minimum atomic E-state index is -3.19. The Morgan fingerprint density at radius 2 is 1.94 bits per heavy atom. The van der Waals surface area contributed by atoms with Crippen LogP contribution in [0.15, 0.2) is 12.1 Å². The first-order valence-electron chi connectivity index (χ1n) is 5.09. The third kappa shape index (κ3) is 2.64. The topological polar surface area (TPSA) is 35.5 Å². The molecule has 100 valence electrons. The molecule has 0 saturated carbocycles. The fraction of sp³-hybridized carbons (Fsp3) is 0.417. The van der Waals surface area contributed by atoms with Crippen molar-refractivity contribution in [2.45, 2.75) is 19.0 Å². The molecular formula is C12H13F3O3. The molecule has 0 heterocycles. The summed E-state index contributed by atoms with van der Waals surface area (Å²) >= 11 is 0. The van der Waals surface area contributed by atoms with E-state index in [-0.39, 0.29) is 17.6 Å². The molecule has 0 aliphatic rings. The van der Waals surface area contributed by atoms with Gasteiger partial charge in [-0.15, -0.1) is 0 Å². The molecule has 0 aromatic heterocycles. The third-order valence-corrected chi connectivity index (χ3v) is 2.47. The van der Waals surface area contributed by atoms with Gasteiger partial charge in [0.25, 0.3) is 5.92 Å². The number of rotatable bonds is 5. The fourth-order valence-electron chi connectivity index (χ4n) is 1.74. The van der Waals surface area contributed by atoms with Gasteiger partial charge in [-0.3, -0.25) is 4.79 Å². The van der Waals surface area contributed by atoms with Crippen LogP contribution in [0.4, 0.5) is 13.2 Å². The van der Waals surface area contributed by atoms with E-state index in [1.807, 2.05) is 0 Å². The Hall–Kier alpha value is -1.56. The van der Waals surface area contributed by atoms with Gasteiger partial charge in [0.15, 0.2) is 6.29 Å². The Morgan fingerprint density at radius 3 is 2.33 bits per heavy atom. The van der Waals surface area contributed by atoms with Crippen molar-refractivity contribution in [3.63, 3.8) is 0 Å². The van der Waals surface area contributed by atoms with Gasteiger partial charge in [-0.2, -0.15) is 0 Å². The lowest BCUT2D eigenvalue weighted by atomic mass is 10.00. The first-order valence-corrected chi connectivity index (χ1v) is 5.09. The normalized spacial score (nSPS) is 13.2. The first kappa shape index (κ1) is 14.5. The van der Waals surface area contributed by atoms with Crippen molar-refractivity contribution in [1.82, 2.24) is 0 Å². The molecule has 1 atom stereocenters. The molecule has 0 aliphatic carbocycles. The van der Waals surface area contributed by atoms with Gasteiger partial charge in [0.2, 0.25) is 0 Å². The first-order chi connectivity index (χ1) is 8.36. The van der Waals surface area contributed by atoms with Gasteiger partial charge in [-0.25, -0.2) is 13.2 Å². The van der Waals surface area contributed by atoms with E-state index in [9.17, 15) is 18.0 Å². The lowest BCUT2D eigenvalue weighted by Gasteiger charge is -2.24. The highest BCUT2D eigenvalue weighted by atomic mass is 19.3. The second-order valence-corrected chi connectivity index (χ2v) is 3.77. The van der Waals surface area contributed by atoms with Crippen molar-refractivity contribution < 1.29 is 27.4 Å². The van der Waals surface area contributed by atoms with Crippen LogP contribution in [-0.2, 0) is 4.74 Å². The van der Waals surface area contributed by atoms with Gasteiger partial charge >= 0.3 is 0 Å². The number of alkyl halides is 2. The van der Waals surface area contributed by atoms with E-state index >= 15 is 0 Å². The van der Waals surface area contributed by atoms with Crippen molar-refractivity contribution >= 4 is 6.29 Å². The fourth-order valence-corrected chi connectivity index (χ4v) is 1.74. The highest BCUT2D eigenvalue weighted by Crippen LogP contribution is 2.39. The largest absolute Gasteiger partial charge is 0.496 e. The minimum Gasteiger partial charge on any atom is -0.496 e. The zero-order valence-corrected chi connectivity index (χ0v) is 10.2. The van der Waals surface area contributed by atoms with Crippen molar-refractivity contribution in [2.75, 3.05) is 14.2 Å². The highest BCUT2D eigenvalue weighted by molar-refractivity contribution is 5.80. The number of methoxy groups -OCH3 is 2. The maximum atomic E-state index is 13.4. The predicted molar refractivity (Wildman–Crippen MR) is 58.7 cm³/mol. The van der Waals surface area contributed by atoms with Gasteiger partial charge in [-0.05, 0) is 12.1 Å². The third-order valence-electron chi connectivity index (χ3n) is 2.47. The van der Waals surface area contributed by atoms with Crippen molar-refractivity contribution in [1.29, 1.82) is 0 Å². The van der Waals surface area contributed by atoms with E-state index in [1.165, 1.54) is 7.11 Å². The molecule has 6 heteroatoms. The average Bonchev–Trinajstić information content (AvgIpc) is 2.29. The number of carbonyl (C=O) groups excluding carboxylic acids is 1. The zero-order chi connectivity index (χ0) is 13.9. The standard InChI is InChI=1S/C12H13F3O3/c1-12(14,15)11(18-3)7-4-5-9(13)8(6-16)10(7)17-2/h4-6,11H,1-3H3. The summed E-state index contributed by atoms with van der Waals surface area (Å²) in [7, 11) is 2.28. The molecule has 1 aromatic carbocycles. The summed E-state index contributed by atoms with van der Waals surface area (Å²) in [6.45, 7) is 0.671. The van der Waals surface area contributed by atoms with Crippen LogP contribution >= 0.6 is 0 Å². The maximum Gasteiger partial charge on any atom is 0.275 e. The average molecular weight is 262 g/mol. The van der Waals surface area contributed by atoms with Crippen LogP contribution in [0.2, 0.25) is 0 Å². The quantitative estimate of drug-likeness (QED) is 0.765. The van der Waals surface area contributed by atoms with E-state index in [1.54, 1.807) is 0 Å². The molecule has 0 aliphatic heterocycles. The molecule has 1 unspecified atom stereocenters. The lowest BCUT2D eigenvalue weighted by molar-refractivity contribution is -0.114. The van der Waals surface area contributed by atoms with Crippen LogP contribution < -0.4 is 4.74 Å². The lowest BCUT2D eigenvalue weighted by Crippen LogP contribution is -2.24. The van der Waals surface area contributed by atoms with Crippen LogP contribution in [0.25, 0.3) is 0 Å². The number of aldehydes is 1. The minimum absolute atomic E-state index is 0.0731. The summed E-state index contributed by atoms with van der Waals surface area (Å²) in [4.78, 5) is 10.8. The Bertz CT molecular complexity index is 441. The molecule has 0 saturated heterocycles. The van der Waals surface area contributed by atoms with Crippen LogP contribution in [-0.4, -0.2) is 26.4 Å². The van der Waals surface area contributed by atoms with Crippen LogP contribution in [0.5, 0.6) is 5.75 Å². The molecular weight excluding hydrogens is 249 g/mol. The van der Waals surface area contributed by atoms with Gasteiger partial charge in [0, 0.05) is 19.6 Å². The Kier molecular flexibility index (Phi) is 4.34. The number of benzene rings is 1. The number of ether oxygens (including phenoxy) is 2. The SMILES string of the molecule is COc1c(C(OC)C(C)(F)F)ccc(F)c1C=O.